The van der Waals surface area contributed by atoms with Gasteiger partial charge in [-0.25, -0.2) is 0 Å². The zero-order chi connectivity index (χ0) is 11.5. The third kappa shape index (κ3) is 2.36. The molecule has 0 N–H and O–H groups in total. The summed E-state index contributed by atoms with van der Waals surface area (Å²) in [4.78, 5) is 26.6. The van der Waals surface area contributed by atoms with Crippen molar-refractivity contribution >= 4 is 11.8 Å². The van der Waals surface area contributed by atoms with Crippen LogP contribution in [0.5, 0.6) is 0 Å². The Labute approximate surface area is 96.6 Å². The first-order valence-electron chi connectivity index (χ1n) is 6.09. The van der Waals surface area contributed by atoms with Gasteiger partial charge in [0, 0.05) is 39.0 Å². The molecule has 0 aromatic rings. The Balaban J connectivity index is 1.88. The Morgan fingerprint density at radius 1 is 1.19 bits per heavy atom. The molecule has 89 valence electrons. The van der Waals surface area contributed by atoms with Crippen molar-refractivity contribution in [2.75, 3.05) is 19.6 Å². The molecule has 4 nitrogen and oxygen atoms in total. The highest BCUT2D eigenvalue weighted by atomic mass is 16.2. The van der Waals surface area contributed by atoms with E-state index in [2.05, 4.69) is 6.92 Å². The molecule has 2 rings (SSSR count). The second kappa shape index (κ2) is 4.85. The van der Waals surface area contributed by atoms with Crippen molar-refractivity contribution < 1.29 is 9.59 Å². The van der Waals surface area contributed by atoms with Crippen LogP contribution in [0.2, 0.25) is 0 Å². The van der Waals surface area contributed by atoms with Gasteiger partial charge in [0.15, 0.2) is 0 Å². The van der Waals surface area contributed by atoms with Crippen LogP contribution < -0.4 is 0 Å². The first-order chi connectivity index (χ1) is 7.68. The van der Waals surface area contributed by atoms with Crippen LogP contribution in [-0.4, -0.2) is 47.3 Å². The molecule has 0 saturated carbocycles. The summed E-state index contributed by atoms with van der Waals surface area (Å²) >= 11 is 0. The summed E-state index contributed by atoms with van der Waals surface area (Å²) in [6, 6.07) is 0.350. The number of amides is 2. The molecule has 2 fully saturated rings. The van der Waals surface area contributed by atoms with E-state index in [0.29, 0.717) is 18.4 Å². The maximum atomic E-state index is 11.7. The summed E-state index contributed by atoms with van der Waals surface area (Å²) in [5.74, 6) is 0.203. The summed E-state index contributed by atoms with van der Waals surface area (Å²) in [5.41, 5.74) is 0. The smallest absolute Gasteiger partial charge is 0.223 e. The van der Waals surface area contributed by atoms with E-state index in [4.69, 9.17) is 0 Å². The van der Waals surface area contributed by atoms with Gasteiger partial charge in [-0.2, -0.15) is 0 Å². The second-order valence-corrected chi connectivity index (χ2v) is 4.66. The Morgan fingerprint density at radius 3 is 2.44 bits per heavy atom. The summed E-state index contributed by atoms with van der Waals surface area (Å²) < 4.78 is 0. The summed E-state index contributed by atoms with van der Waals surface area (Å²) in [7, 11) is 0. The van der Waals surface area contributed by atoms with Crippen LogP contribution in [-0.2, 0) is 9.59 Å². The molecule has 0 unspecified atom stereocenters. The van der Waals surface area contributed by atoms with E-state index in [1.54, 1.807) is 4.90 Å². The number of carbonyl (C=O) groups excluding carboxylic acids is 2. The summed E-state index contributed by atoms with van der Waals surface area (Å²) in [5, 5.41) is 0. The molecule has 2 aliphatic rings. The standard InChI is InChI=1S/C12H19N2O2/c1-10(15)13-8-5-11(6-9-13)14-7-3-2-4-12(14)16/h11H,1-9H2. The molecule has 0 aromatic carbocycles. The van der Waals surface area contributed by atoms with Gasteiger partial charge >= 0.3 is 0 Å². The van der Waals surface area contributed by atoms with Gasteiger partial charge in [0.1, 0.15) is 0 Å². The molecule has 0 atom stereocenters. The second-order valence-electron chi connectivity index (χ2n) is 4.66. The van der Waals surface area contributed by atoms with Crippen LogP contribution in [0, 0.1) is 6.92 Å². The van der Waals surface area contributed by atoms with Crippen LogP contribution >= 0.6 is 0 Å². The Morgan fingerprint density at radius 2 is 1.88 bits per heavy atom. The van der Waals surface area contributed by atoms with Crippen molar-refractivity contribution in [1.29, 1.82) is 0 Å². The predicted molar refractivity (Wildman–Crippen MR) is 60.5 cm³/mol. The Kier molecular flexibility index (Phi) is 3.46. The molecule has 16 heavy (non-hydrogen) atoms. The average molecular weight is 223 g/mol. The van der Waals surface area contributed by atoms with Gasteiger partial charge in [-0.1, -0.05) is 0 Å². The number of carbonyl (C=O) groups is 2. The summed E-state index contributed by atoms with van der Waals surface area (Å²) in [6.45, 7) is 5.82. The van der Waals surface area contributed by atoms with Gasteiger partial charge in [-0.3, -0.25) is 9.59 Å². The number of rotatable bonds is 1. The van der Waals surface area contributed by atoms with Gasteiger partial charge in [0.25, 0.3) is 0 Å². The van der Waals surface area contributed by atoms with Crippen LogP contribution in [0.4, 0.5) is 0 Å². The molecule has 0 aliphatic carbocycles. The quantitative estimate of drug-likeness (QED) is 0.660. The summed E-state index contributed by atoms with van der Waals surface area (Å²) in [6.07, 6.45) is 4.68. The third-order valence-electron chi connectivity index (χ3n) is 3.62. The number of hydrogen-bond acceptors (Lipinski definition) is 2. The lowest BCUT2D eigenvalue weighted by molar-refractivity contribution is -0.137. The largest absolute Gasteiger partial charge is 0.343 e. The van der Waals surface area contributed by atoms with Crippen LogP contribution in [0.3, 0.4) is 0 Å². The lowest BCUT2D eigenvalue weighted by atomic mass is 9.99. The number of likely N-dealkylation sites (tertiary alicyclic amines) is 2. The minimum atomic E-state index is -0.0941. The van der Waals surface area contributed by atoms with Crippen LogP contribution in [0.1, 0.15) is 32.1 Å². The molecule has 4 heteroatoms. The van der Waals surface area contributed by atoms with Gasteiger partial charge in [-0.15, -0.1) is 0 Å². The molecular weight excluding hydrogens is 204 g/mol. The van der Waals surface area contributed by atoms with Crippen molar-refractivity contribution in [3.05, 3.63) is 6.92 Å². The molecule has 0 bridgehead atoms. The van der Waals surface area contributed by atoms with Crippen molar-refractivity contribution in [2.45, 2.75) is 38.1 Å². The maximum Gasteiger partial charge on any atom is 0.223 e. The predicted octanol–water partition coefficient (Wildman–Crippen LogP) is 0.824. The molecular formula is C12H19N2O2. The lowest BCUT2D eigenvalue weighted by Gasteiger charge is -2.40. The Hall–Kier alpha value is -1.06. The van der Waals surface area contributed by atoms with E-state index in [0.717, 1.165) is 45.3 Å². The van der Waals surface area contributed by atoms with Crippen LogP contribution in [0.25, 0.3) is 0 Å². The van der Waals surface area contributed by atoms with E-state index in [1.807, 2.05) is 4.90 Å². The lowest BCUT2D eigenvalue weighted by Crippen LogP contribution is -2.49. The van der Waals surface area contributed by atoms with Gasteiger partial charge in [0.2, 0.25) is 11.8 Å². The van der Waals surface area contributed by atoms with Crippen molar-refractivity contribution in [2.24, 2.45) is 0 Å². The third-order valence-corrected chi connectivity index (χ3v) is 3.62. The van der Waals surface area contributed by atoms with Crippen molar-refractivity contribution in [1.82, 2.24) is 9.80 Å². The highest BCUT2D eigenvalue weighted by Crippen LogP contribution is 2.21. The molecule has 2 saturated heterocycles. The van der Waals surface area contributed by atoms with Crippen LogP contribution in [0.15, 0.2) is 0 Å². The van der Waals surface area contributed by atoms with Gasteiger partial charge < -0.3 is 9.80 Å². The number of hydrogen-bond donors (Lipinski definition) is 0. The fourth-order valence-electron chi connectivity index (χ4n) is 2.64. The van der Waals surface area contributed by atoms with E-state index in [1.165, 1.54) is 0 Å². The fourth-order valence-corrected chi connectivity index (χ4v) is 2.64. The van der Waals surface area contributed by atoms with Gasteiger partial charge in [-0.05, 0) is 25.7 Å². The SMILES string of the molecule is [CH2]C(=O)N1CCC(N2CCCCC2=O)CC1. The van der Waals surface area contributed by atoms with E-state index >= 15 is 0 Å². The fraction of sp³-hybridized carbons (Fsp3) is 0.750. The average Bonchev–Trinajstić information content (AvgIpc) is 2.30. The topological polar surface area (TPSA) is 40.6 Å². The molecule has 2 aliphatic heterocycles. The normalized spacial score (nSPS) is 23.7. The minimum absolute atomic E-state index is 0.0941. The first-order valence-corrected chi connectivity index (χ1v) is 6.09. The molecule has 0 spiro atoms. The molecule has 1 radical (unpaired) electrons. The monoisotopic (exact) mass is 223 g/mol. The first kappa shape index (κ1) is 11.4. The maximum absolute atomic E-state index is 11.7. The van der Waals surface area contributed by atoms with Crippen molar-refractivity contribution in [3.63, 3.8) is 0 Å². The highest BCUT2D eigenvalue weighted by Gasteiger charge is 2.29. The van der Waals surface area contributed by atoms with E-state index in [-0.39, 0.29) is 5.91 Å². The van der Waals surface area contributed by atoms with E-state index < -0.39 is 0 Å². The number of nitrogens with zero attached hydrogens (tertiary/aromatic N) is 2. The van der Waals surface area contributed by atoms with E-state index in [9.17, 15) is 9.59 Å². The Bertz CT molecular complexity index is 283. The highest BCUT2D eigenvalue weighted by molar-refractivity contribution is 5.80. The molecule has 2 amide bonds. The molecule has 0 aromatic heterocycles. The zero-order valence-corrected chi connectivity index (χ0v) is 9.65. The van der Waals surface area contributed by atoms with Crippen molar-refractivity contribution in [3.8, 4) is 0 Å². The number of piperidine rings is 2. The zero-order valence-electron chi connectivity index (χ0n) is 9.65. The van der Waals surface area contributed by atoms with Gasteiger partial charge in [0.05, 0.1) is 0 Å². The minimum Gasteiger partial charge on any atom is -0.343 e. The molecule has 2 heterocycles.